The molecule has 0 aromatic rings. The first kappa shape index (κ1) is 91.1. The van der Waals surface area contributed by atoms with Crippen molar-refractivity contribution in [1.29, 1.82) is 0 Å². The van der Waals surface area contributed by atoms with Gasteiger partial charge < -0.3 is 33.8 Å². The van der Waals surface area contributed by atoms with Crippen molar-refractivity contribution in [3.05, 3.63) is 0 Å². The Morgan fingerprint density at radius 2 is 0.516 bits per heavy atom. The van der Waals surface area contributed by atoms with Crippen molar-refractivity contribution in [2.45, 2.75) is 394 Å². The number of ether oxygens (including phenoxy) is 4. The highest BCUT2D eigenvalue weighted by molar-refractivity contribution is 7.47. The number of phosphoric acid groups is 2. The number of aliphatic hydroxyl groups excluding tert-OH is 1. The van der Waals surface area contributed by atoms with Crippen molar-refractivity contribution in [3.63, 3.8) is 0 Å². The molecule has 93 heavy (non-hydrogen) atoms. The third kappa shape index (κ3) is 64.5. The van der Waals surface area contributed by atoms with E-state index in [4.69, 9.17) is 37.0 Å². The van der Waals surface area contributed by atoms with E-state index in [9.17, 15) is 43.2 Å². The fraction of sp³-hybridized carbons (Fsp3) is 0.946. The van der Waals surface area contributed by atoms with Crippen LogP contribution in [0.15, 0.2) is 0 Å². The lowest BCUT2D eigenvalue weighted by atomic mass is 9.99. The molecular formula is C74H144O17P2. The molecule has 0 aliphatic heterocycles. The van der Waals surface area contributed by atoms with E-state index in [1.807, 2.05) is 0 Å². The molecule has 17 nitrogen and oxygen atoms in total. The van der Waals surface area contributed by atoms with Gasteiger partial charge in [-0.2, -0.15) is 0 Å². The quantitative estimate of drug-likeness (QED) is 0.0222. The van der Waals surface area contributed by atoms with Gasteiger partial charge in [0.2, 0.25) is 0 Å². The molecule has 0 aromatic heterocycles. The second kappa shape index (κ2) is 64.7. The molecule has 19 heteroatoms. The number of phosphoric ester groups is 2. The van der Waals surface area contributed by atoms with Crippen molar-refractivity contribution < 1.29 is 80.2 Å². The van der Waals surface area contributed by atoms with Crippen molar-refractivity contribution in [2.75, 3.05) is 39.6 Å². The van der Waals surface area contributed by atoms with Crippen LogP contribution >= 0.6 is 15.6 Å². The van der Waals surface area contributed by atoms with Gasteiger partial charge in [-0.3, -0.25) is 37.3 Å². The lowest BCUT2D eigenvalue weighted by Crippen LogP contribution is -2.30. The van der Waals surface area contributed by atoms with Crippen LogP contribution in [-0.2, 0) is 65.4 Å². The summed E-state index contributed by atoms with van der Waals surface area (Å²) in [6.45, 7) is 11.9. The predicted molar refractivity (Wildman–Crippen MR) is 377 cm³/mol. The van der Waals surface area contributed by atoms with Gasteiger partial charge in [-0.1, -0.05) is 325 Å². The number of carbonyl (C=O) groups excluding carboxylic acids is 4. The molecule has 0 saturated heterocycles. The Bertz CT molecular complexity index is 1820. The molecule has 0 saturated carbocycles. The fourth-order valence-corrected chi connectivity index (χ4v) is 12.7. The number of hydrogen-bond donors (Lipinski definition) is 3. The second-order valence-electron chi connectivity index (χ2n) is 27.4. The SMILES string of the molecule is CCCCCCCCCCCCCCCC(=O)O[C@H](COC(=O)CCCCCCCCCCC(C)CC)COP(=O)(O)OC[C@H](O)COP(=O)(O)OC[C@@H](COC(=O)CCCCCCCCCCCCC(C)CC)OC(=O)CCCCCCCCCCCCC(C)CC. The maximum atomic E-state index is 13.1. The Kier molecular flexibility index (Phi) is 63.4. The van der Waals surface area contributed by atoms with Crippen molar-refractivity contribution in [1.82, 2.24) is 0 Å². The van der Waals surface area contributed by atoms with Gasteiger partial charge in [0, 0.05) is 25.7 Å². The van der Waals surface area contributed by atoms with Crippen LogP contribution < -0.4 is 0 Å². The molecule has 0 bridgehead atoms. The smallest absolute Gasteiger partial charge is 0.462 e. The van der Waals surface area contributed by atoms with Crippen molar-refractivity contribution in [2.24, 2.45) is 17.8 Å². The zero-order chi connectivity index (χ0) is 68.7. The normalized spacial score (nSPS) is 15.0. The van der Waals surface area contributed by atoms with Gasteiger partial charge >= 0.3 is 39.5 Å². The Hall–Kier alpha value is -1.94. The van der Waals surface area contributed by atoms with Crippen LogP contribution in [0.3, 0.4) is 0 Å². The molecule has 8 atom stereocenters. The van der Waals surface area contributed by atoms with Crippen LogP contribution in [0.4, 0.5) is 0 Å². The number of rotatable bonds is 72. The summed E-state index contributed by atoms with van der Waals surface area (Å²) in [5.41, 5.74) is 0. The molecule has 0 radical (unpaired) electrons. The highest BCUT2D eigenvalue weighted by Crippen LogP contribution is 2.45. The summed E-state index contributed by atoms with van der Waals surface area (Å²) in [6.07, 6.45) is 49.6. The molecule has 0 aromatic carbocycles. The molecule has 0 rings (SSSR count). The number of esters is 4. The average molecular weight is 1370 g/mol. The Morgan fingerprint density at radius 1 is 0.301 bits per heavy atom. The Balaban J connectivity index is 5.28. The van der Waals surface area contributed by atoms with E-state index in [1.165, 1.54) is 186 Å². The summed E-state index contributed by atoms with van der Waals surface area (Å²) < 4.78 is 68.5. The van der Waals surface area contributed by atoms with E-state index >= 15 is 0 Å². The highest BCUT2D eigenvalue weighted by atomic mass is 31.2. The largest absolute Gasteiger partial charge is 0.472 e. The van der Waals surface area contributed by atoms with E-state index in [-0.39, 0.29) is 25.7 Å². The number of hydrogen-bond acceptors (Lipinski definition) is 15. The summed E-state index contributed by atoms with van der Waals surface area (Å²) in [4.78, 5) is 72.8. The Morgan fingerprint density at radius 3 is 0.763 bits per heavy atom. The Labute approximate surface area is 568 Å². The summed E-state index contributed by atoms with van der Waals surface area (Å²) in [5.74, 6) is 0.271. The molecule has 552 valence electrons. The van der Waals surface area contributed by atoms with Crippen LogP contribution in [0.2, 0.25) is 0 Å². The molecule has 5 unspecified atom stereocenters. The zero-order valence-corrected chi connectivity index (χ0v) is 62.5. The minimum absolute atomic E-state index is 0.106. The molecule has 0 spiro atoms. The maximum absolute atomic E-state index is 13.1. The fourth-order valence-electron chi connectivity index (χ4n) is 11.2. The van der Waals surface area contributed by atoms with Gasteiger partial charge in [0.05, 0.1) is 26.4 Å². The van der Waals surface area contributed by atoms with Gasteiger partial charge in [0.15, 0.2) is 12.2 Å². The lowest BCUT2D eigenvalue weighted by Gasteiger charge is -2.21. The molecule has 0 aliphatic carbocycles. The third-order valence-corrected chi connectivity index (χ3v) is 20.1. The first-order valence-corrected chi connectivity index (χ1v) is 41.5. The van der Waals surface area contributed by atoms with E-state index in [0.717, 1.165) is 108 Å². The first-order chi connectivity index (χ1) is 44.8. The van der Waals surface area contributed by atoms with Crippen LogP contribution in [-0.4, -0.2) is 96.7 Å². The van der Waals surface area contributed by atoms with Gasteiger partial charge in [-0.25, -0.2) is 9.13 Å². The number of aliphatic hydroxyl groups is 1. The van der Waals surface area contributed by atoms with Gasteiger partial charge in [-0.15, -0.1) is 0 Å². The highest BCUT2D eigenvalue weighted by Gasteiger charge is 2.30. The summed E-state index contributed by atoms with van der Waals surface area (Å²) in [5, 5.41) is 10.6. The lowest BCUT2D eigenvalue weighted by molar-refractivity contribution is -0.161. The van der Waals surface area contributed by atoms with Gasteiger partial charge in [0.1, 0.15) is 19.3 Å². The standard InChI is InChI=1S/C74H144O17P2/c1-8-12-13-14-15-16-17-18-19-27-36-43-50-57-73(78)90-70(62-85-72(77)56-49-42-35-30-29-33-40-47-54-67(7)11-4)64-89-93(82,83)87-60-68(75)59-86-92(80,81)88-63-69(91-74(79)58-51-44-37-28-23-21-25-32-39-46-53-66(6)10-3)61-84-71(76)55-48-41-34-26-22-20-24-31-38-45-52-65(5)9-2/h65-70,75H,8-64H2,1-7H3,(H,80,81)(H,82,83)/t65?,66?,67?,68-,69-,70-/m1/s1. The molecule has 0 heterocycles. The summed E-state index contributed by atoms with van der Waals surface area (Å²) >= 11 is 0. The van der Waals surface area contributed by atoms with E-state index < -0.39 is 97.5 Å². The molecule has 0 aliphatic rings. The monoisotopic (exact) mass is 1370 g/mol. The third-order valence-electron chi connectivity index (χ3n) is 18.2. The molecule has 0 amide bonds. The van der Waals surface area contributed by atoms with Crippen molar-refractivity contribution in [3.8, 4) is 0 Å². The average Bonchev–Trinajstić information content (AvgIpc) is 2.86. The predicted octanol–water partition coefficient (Wildman–Crippen LogP) is 21.4. The first-order valence-electron chi connectivity index (χ1n) is 38.5. The molecule has 0 fully saturated rings. The minimum Gasteiger partial charge on any atom is -0.462 e. The van der Waals surface area contributed by atoms with E-state index in [0.29, 0.717) is 25.7 Å². The van der Waals surface area contributed by atoms with Gasteiger partial charge in [-0.05, 0) is 43.4 Å². The van der Waals surface area contributed by atoms with Gasteiger partial charge in [0.25, 0.3) is 0 Å². The minimum atomic E-state index is -4.96. The van der Waals surface area contributed by atoms with E-state index in [2.05, 4.69) is 48.5 Å². The van der Waals surface area contributed by atoms with Crippen LogP contribution in [0.25, 0.3) is 0 Å². The number of unbranched alkanes of at least 4 members (excludes halogenated alkanes) is 37. The summed E-state index contributed by atoms with van der Waals surface area (Å²) in [6, 6.07) is 0. The number of carbonyl (C=O) groups is 4. The second-order valence-corrected chi connectivity index (χ2v) is 30.3. The van der Waals surface area contributed by atoms with Crippen LogP contribution in [0, 0.1) is 17.8 Å². The topological polar surface area (TPSA) is 237 Å². The van der Waals surface area contributed by atoms with E-state index in [1.54, 1.807) is 0 Å². The molecular weight excluding hydrogens is 1220 g/mol. The van der Waals surface area contributed by atoms with Crippen LogP contribution in [0.5, 0.6) is 0 Å². The maximum Gasteiger partial charge on any atom is 0.472 e. The zero-order valence-electron chi connectivity index (χ0n) is 60.7. The summed E-state index contributed by atoms with van der Waals surface area (Å²) in [7, 11) is -9.91. The van der Waals surface area contributed by atoms with Crippen LogP contribution in [0.1, 0.15) is 376 Å². The van der Waals surface area contributed by atoms with Crippen molar-refractivity contribution >= 4 is 39.5 Å². The molecule has 3 N–H and O–H groups in total.